The van der Waals surface area contributed by atoms with Crippen LogP contribution in [0, 0.1) is 0 Å². The molecule has 1 heterocycles. The average Bonchev–Trinajstić information content (AvgIpc) is 3.49. The van der Waals surface area contributed by atoms with Crippen LogP contribution in [0.25, 0.3) is 0 Å². The molecule has 0 radical (unpaired) electrons. The standard InChI is InChI=1S/C23H30N2O2/c26-20(17-27-21-9-5-2-6-10-21)16-25-13-11-19(12-14-25)24-23-15-22(23)18-7-3-1-4-8-18/h1-10,19-20,22-24,26H,11-17H2/t20?,22-,23+/m1/s1. The summed E-state index contributed by atoms with van der Waals surface area (Å²) in [6.45, 7) is 3.13. The number of aliphatic hydroxyl groups is 1. The van der Waals surface area contributed by atoms with Gasteiger partial charge in [0.1, 0.15) is 18.5 Å². The van der Waals surface area contributed by atoms with E-state index in [1.165, 1.54) is 12.0 Å². The number of likely N-dealkylation sites (tertiary alicyclic amines) is 1. The van der Waals surface area contributed by atoms with Crippen LogP contribution in [0.4, 0.5) is 0 Å². The predicted molar refractivity (Wildman–Crippen MR) is 108 cm³/mol. The molecule has 2 N–H and O–H groups in total. The molecule has 27 heavy (non-hydrogen) atoms. The van der Waals surface area contributed by atoms with Crippen LogP contribution in [0.2, 0.25) is 0 Å². The third-order valence-corrected chi connectivity index (χ3v) is 5.71. The fourth-order valence-corrected chi connectivity index (χ4v) is 4.09. The molecule has 3 atom stereocenters. The van der Waals surface area contributed by atoms with E-state index in [0.717, 1.165) is 31.7 Å². The zero-order valence-corrected chi connectivity index (χ0v) is 15.8. The molecule has 4 heteroatoms. The van der Waals surface area contributed by atoms with E-state index in [-0.39, 0.29) is 0 Å². The molecule has 0 bridgehead atoms. The monoisotopic (exact) mass is 366 g/mol. The highest BCUT2D eigenvalue weighted by molar-refractivity contribution is 5.27. The van der Waals surface area contributed by atoms with E-state index in [1.54, 1.807) is 0 Å². The van der Waals surface area contributed by atoms with Crippen molar-refractivity contribution >= 4 is 0 Å². The van der Waals surface area contributed by atoms with Crippen LogP contribution in [-0.2, 0) is 0 Å². The molecule has 1 aliphatic carbocycles. The Morgan fingerprint density at radius 2 is 1.67 bits per heavy atom. The molecular formula is C23H30N2O2. The molecule has 0 spiro atoms. The normalized spacial score (nSPS) is 24.5. The second-order valence-corrected chi connectivity index (χ2v) is 7.88. The smallest absolute Gasteiger partial charge is 0.119 e. The maximum atomic E-state index is 10.3. The highest BCUT2D eigenvalue weighted by Crippen LogP contribution is 2.41. The second-order valence-electron chi connectivity index (χ2n) is 7.88. The molecule has 0 aromatic heterocycles. The highest BCUT2D eigenvalue weighted by Gasteiger charge is 2.39. The summed E-state index contributed by atoms with van der Waals surface area (Å²) in [7, 11) is 0. The van der Waals surface area contributed by atoms with Gasteiger partial charge in [-0.2, -0.15) is 0 Å². The summed E-state index contributed by atoms with van der Waals surface area (Å²) in [6, 6.07) is 21.8. The van der Waals surface area contributed by atoms with Gasteiger partial charge < -0.3 is 20.1 Å². The highest BCUT2D eigenvalue weighted by atomic mass is 16.5. The Bertz CT molecular complexity index is 686. The summed E-state index contributed by atoms with van der Waals surface area (Å²) < 4.78 is 5.66. The lowest BCUT2D eigenvalue weighted by atomic mass is 10.0. The van der Waals surface area contributed by atoms with Crippen molar-refractivity contribution in [3.63, 3.8) is 0 Å². The minimum Gasteiger partial charge on any atom is -0.491 e. The van der Waals surface area contributed by atoms with Crippen molar-refractivity contribution in [1.82, 2.24) is 10.2 Å². The lowest BCUT2D eigenvalue weighted by Gasteiger charge is -2.33. The van der Waals surface area contributed by atoms with E-state index in [9.17, 15) is 5.11 Å². The van der Waals surface area contributed by atoms with E-state index in [0.29, 0.717) is 31.2 Å². The van der Waals surface area contributed by atoms with Crippen molar-refractivity contribution in [2.45, 2.75) is 43.4 Å². The Kier molecular flexibility index (Phi) is 6.07. The fourth-order valence-electron chi connectivity index (χ4n) is 4.09. The summed E-state index contributed by atoms with van der Waals surface area (Å²) in [5, 5.41) is 14.1. The molecule has 4 nitrogen and oxygen atoms in total. The summed E-state index contributed by atoms with van der Waals surface area (Å²) in [6.07, 6.45) is 3.13. The Hall–Kier alpha value is -1.88. The van der Waals surface area contributed by atoms with E-state index >= 15 is 0 Å². The maximum absolute atomic E-state index is 10.3. The topological polar surface area (TPSA) is 44.7 Å². The molecule has 2 aromatic carbocycles. The van der Waals surface area contributed by atoms with Gasteiger partial charge in [-0.1, -0.05) is 48.5 Å². The van der Waals surface area contributed by atoms with E-state index in [1.807, 2.05) is 30.3 Å². The van der Waals surface area contributed by atoms with Crippen LogP contribution in [-0.4, -0.2) is 54.4 Å². The van der Waals surface area contributed by atoms with Crippen LogP contribution in [0.5, 0.6) is 5.75 Å². The van der Waals surface area contributed by atoms with Gasteiger partial charge in [0.05, 0.1) is 0 Å². The van der Waals surface area contributed by atoms with Gasteiger partial charge in [0.2, 0.25) is 0 Å². The molecule has 1 saturated heterocycles. The number of para-hydroxylation sites is 1. The summed E-state index contributed by atoms with van der Waals surface area (Å²) >= 11 is 0. The molecule has 4 rings (SSSR count). The van der Waals surface area contributed by atoms with Crippen molar-refractivity contribution in [2.75, 3.05) is 26.2 Å². The zero-order chi connectivity index (χ0) is 18.5. The molecule has 2 aromatic rings. The van der Waals surface area contributed by atoms with Gasteiger partial charge in [-0.3, -0.25) is 0 Å². The number of β-amino-alcohol motifs (C(OH)–C–C–N with tert-alkyl or cyclic N) is 1. The summed E-state index contributed by atoms with van der Waals surface area (Å²) in [4.78, 5) is 2.36. The zero-order valence-electron chi connectivity index (χ0n) is 15.8. The molecule has 1 saturated carbocycles. The SMILES string of the molecule is OC(COc1ccccc1)CN1CCC(N[C@H]2C[C@@H]2c2ccccc2)CC1. The first-order chi connectivity index (χ1) is 13.3. The van der Waals surface area contributed by atoms with Gasteiger partial charge in [0.25, 0.3) is 0 Å². The third kappa shape index (κ3) is 5.32. The van der Waals surface area contributed by atoms with Gasteiger partial charge >= 0.3 is 0 Å². The largest absolute Gasteiger partial charge is 0.491 e. The fraction of sp³-hybridized carbons (Fsp3) is 0.478. The van der Waals surface area contributed by atoms with Crippen LogP contribution in [0.1, 0.15) is 30.7 Å². The number of piperidine rings is 1. The molecule has 1 aliphatic heterocycles. The van der Waals surface area contributed by atoms with Gasteiger partial charge in [-0.05, 0) is 50.0 Å². The lowest BCUT2D eigenvalue weighted by Crippen LogP contribution is -2.46. The molecule has 2 aliphatic rings. The first-order valence-corrected chi connectivity index (χ1v) is 10.2. The predicted octanol–water partition coefficient (Wildman–Crippen LogP) is 3.04. The van der Waals surface area contributed by atoms with Crippen molar-refractivity contribution in [1.29, 1.82) is 0 Å². The number of rotatable bonds is 8. The van der Waals surface area contributed by atoms with E-state index in [4.69, 9.17) is 4.74 Å². The van der Waals surface area contributed by atoms with Crippen LogP contribution >= 0.6 is 0 Å². The molecule has 144 valence electrons. The average molecular weight is 367 g/mol. The lowest BCUT2D eigenvalue weighted by molar-refractivity contribution is 0.0578. The second kappa shape index (κ2) is 8.87. The van der Waals surface area contributed by atoms with Gasteiger partial charge in [-0.25, -0.2) is 0 Å². The van der Waals surface area contributed by atoms with Gasteiger partial charge in [0.15, 0.2) is 0 Å². The number of nitrogens with zero attached hydrogens (tertiary/aromatic N) is 1. The Morgan fingerprint density at radius 1 is 1.00 bits per heavy atom. The Balaban J connectivity index is 1.13. The van der Waals surface area contributed by atoms with Crippen LogP contribution < -0.4 is 10.1 Å². The third-order valence-electron chi connectivity index (χ3n) is 5.71. The summed E-state index contributed by atoms with van der Waals surface area (Å²) in [5.41, 5.74) is 1.47. The molecular weight excluding hydrogens is 336 g/mol. The Labute approximate surface area is 162 Å². The van der Waals surface area contributed by atoms with Crippen LogP contribution in [0.3, 0.4) is 0 Å². The number of ether oxygens (including phenoxy) is 1. The number of nitrogens with one attached hydrogen (secondary N) is 1. The summed E-state index contributed by atoms with van der Waals surface area (Å²) in [5.74, 6) is 1.51. The number of aliphatic hydroxyl groups excluding tert-OH is 1. The number of hydrogen-bond acceptors (Lipinski definition) is 4. The van der Waals surface area contributed by atoms with E-state index < -0.39 is 6.10 Å². The van der Waals surface area contributed by atoms with Crippen LogP contribution in [0.15, 0.2) is 60.7 Å². The van der Waals surface area contributed by atoms with E-state index in [2.05, 4.69) is 40.5 Å². The van der Waals surface area contributed by atoms with Gasteiger partial charge in [-0.15, -0.1) is 0 Å². The minimum absolute atomic E-state index is 0.350. The van der Waals surface area contributed by atoms with Crippen molar-refractivity contribution < 1.29 is 9.84 Å². The van der Waals surface area contributed by atoms with Crippen molar-refractivity contribution in [2.24, 2.45) is 0 Å². The molecule has 0 amide bonds. The van der Waals surface area contributed by atoms with Gasteiger partial charge in [0, 0.05) is 24.5 Å². The van der Waals surface area contributed by atoms with Crippen molar-refractivity contribution in [3.05, 3.63) is 66.2 Å². The number of hydrogen-bond donors (Lipinski definition) is 2. The van der Waals surface area contributed by atoms with Crippen molar-refractivity contribution in [3.8, 4) is 5.75 Å². The first kappa shape index (κ1) is 18.5. The molecule has 1 unspecified atom stereocenters. The quantitative estimate of drug-likeness (QED) is 0.754. The number of benzene rings is 2. The maximum Gasteiger partial charge on any atom is 0.119 e. The molecule has 2 fully saturated rings. The minimum atomic E-state index is -0.444. The Morgan fingerprint density at radius 3 is 2.37 bits per heavy atom. The first-order valence-electron chi connectivity index (χ1n) is 10.2.